The maximum absolute atomic E-state index is 10.6. The lowest BCUT2D eigenvalue weighted by molar-refractivity contribution is -0.143. The van der Waals surface area contributed by atoms with Gasteiger partial charge in [0.05, 0.1) is 65.8 Å². The first kappa shape index (κ1) is 36.1. The molecule has 0 unspecified atom stereocenters. The Bertz CT molecular complexity index is 463. The van der Waals surface area contributed by atoms with Gasteiger partial charge in [0, 0.05) is 26.2 Å². The summed E-state index contributed by atoms with van der Waals surface area (Å²) < 4.78 is 10.0. The first-order valence-corrected chi connectivity index (χ1v) is 10.1. The van der Waals surface area contributed by atoms with Crippen LogP contribution >= 0.6 is 0 Å². The van der Waals surface area contributed by atoms with Crippen molar-refractivity contribution in [2.45, 2.75) is 0 Å². The Morgan fingerprint density at radius 3 is 1.03 bits per heavy atom. The fraction of sp³-hybridized carbons (Fsp3) is 0.778. The minimum atomic E-state index is -1.17. The second-order valence-electron chi connectivity index (χ2n) is 6.25. The smallest absolute Gasteiger partial charge is 0.317 e. The van der Waals surface area contributed by atoms with Gasteiger partial charge in [-0.15, -0.1) is 0 Å². The Kier molecular flexibility index (Phi) is 28.5. The fourth-order valence-electron chi connectivity index (χ4n) is 1.95. The molecule has 0 aromatic rings. The molecule has 0 aromatic heterocycles. The molecule has 0 saturated heterocycles. The van der Waals surface area contributed by atoms with Crippen molar-refractivity contribution in [2.75, 3.05) is 92.0 Å². The molecule has 0 radical (unpaired) electrons. The Morgan fingerprint density at radius 1 is 0.559 bits per heavy atom. The summed E-state index contributed by atoms with van der Waals surface area (Å²) in [5.74, 6) is -4.67. The van der Waals surface area contributed by atoms with Crippen molar-refractivity contribution in [1.29, 1.82) is 0 Å². The zero-order valence-electron chi connectivity index (χ0n) is 19.1. The topological polar surface area (TPSA) is 267 Å². The predicted octanol–water partition coefficient (Wildman–Crippen LogP) is -4.16. The number of carboxylic acid groups (broad SMARTS) is 4. The van der Waals surface area contributed by atoms with Gasteiger partial charge in [-0.2, -0.15) is 0 Å². The highest BCUT2D eigenvalue weighted by Gasteiger charge is 2.15. The molecule has 0 spiro atoms. The lowest BCUT2D eigenvalue weighted by Crippen LogP contribution is -2.38. The molecule has 0 aliphatic carbocycles. The second-order valence-corrected chi connectivity index (χ2v) is 6.25. The molecular weight excluding hydrogens is 464 g/mol. The monoisotopic (exact) mass is 502 g/mol. The summed E-state index contributed by atoms with van der Waals surface area (Å²) in [6.45, 7) is 0.587. The van der Waals surface area contributed by atoms with E-state index < -0.39 is 50.1 Å². The van der Waals surface area contributed by atoms with E-state index in [4.69, 9.17) is 51.6 Å². The van der Waals surface area contributed by atoms with Crippen molar-refractivity contribution >= 4 is 23.9 Å². The molecule has 0 aromatic carbocycles. The van der Waals surface area contributed by atoms with Gasteiger partial charge in [0.25, 0.3) is 0 Å². The SMILES string of the molecule is NCCOCCN.O=C(O)CN(CCOCCN(CC(=O)O)CC(=O)O)CC(=O)O.OCCO. The summed E-state index contributed by atoms with van der Waals surface area (Å²) >= 11 is 0. The standard InChI is InChI=1S/C12H20N2O9.C4H12N2O.C2H6O2/c15-9(16)5-13(6-10(17)18)1-3-23-4-2-14(7-11(19)20)8-12(21)22;5-1-3-7-4-2-6;3-1-2-4/h1-8H2,(H,15,16)(H,17,18)(H,19,20)(H,21,22);1-6H2;3-4H,1-2H2. The van der Waals surface area contributed by atoms with E-state index in [1.807, 2.05) is 0 Å². The van der Waals surface area contributed by atoms with E-state index in [0.717, 1.165) is 9.80 Å². The largest absolute Gasteiger partial charge is 0.480 e. The molecule has 202 valence electrons. The van der Waals surface area contributed by atoms with Crippen LogP contribution in [0.25, 0.3) is 0 Å². The van der Waals surface area contributed by atoms with Crippen molar-refractivity contribution in [1.82, 2.24) is 9.80 Å². The Labute approximate surface area is 197 Å². The highest BCUT2D eigenvalue weighted by molar-refractivity contribution is 5.73. The van der Waals surface area contributed by atoms with Crippen LogP contribution in [-0.2, 0) is 28.7 Å². The third kappa shape index (κ3) is 34.2. The number of aliphatic carboxylic acids is 4. The number of aliphatic hydroxyl groups excluding tert-OH is 2. The van der Waals surface area contributed by atoms with Crippen molar-refractivity contribution in [3.05, 3.63) is 0 Å². The summed E-state index contributed by atoms with van der Waals surface area (Å²) in [6, 6.07) is 0. The lowest BCUT2D eigenvalue weighted by Gasteiger charge is -2.20. The van der Waals surface area contributed by atoms with Crippen LogP contribution in [0.1, 0.15) is 0 Å². The minimum Gasteiger partial charge on any atom is -0.480 e. The fourth-order valence-corrected chi connectivity index (χ4v) is 1.95. The van der Waals surface area contributed by atoms with Crippen LogP contribution in [0.3, 0.4) is 0 Å². The average Bonchev–Trinajstić information content (AvgIpc) is 2.72. The maximum atomic E-state index is 10.6. The summed E-state index contributed by atoms with van der Waals surface area (Å²) in [6.07, 6.45) is 0. The molecule has 0 bridgehead atoms. The van der Waals surface area contributed by atoms with Gasteiger partial charge < -0.3 is 51.6 Å². The molecule has 0 saturated carbocycles. The summed E-state index contributed by atoms with van der Waals surface area (Å²) in [5.41, 5.74) is 10.2. The average molecular weight is 503 g/mol. The molecule has 0 atom stereocenters. The van der Waals surface area contributed by atoms with Crippen molar-refractivity contribution in [3.8, 4) is 0 Å². The number of nitrogens with zero attached hydrogens (tertiary/aromatic N) is 2. The molecule has 0 amide bonds. The molecule has 0 rings (SSSR count). The van der Waals surface area contributed by atoms with Gasteiger partial charge in [0.15, 0.2) is 0 Å². The van der Waals surface area contributed by atoms with Gasteiger partial charge in [-0.05, 0) is 0 Å². The van der Waals surface area contributed by atoms with E-state index in [1.54, 1.807) is 0 Å². The molecular formula is C18H38N4O12. The van der Waals surface area contributed by atoms with Crippen LogP contribution in [0, 0.1) is 0 Å². The van der Waals surface area contributed by atoms with Gasteiger partial charge >= 0.3 is 23.9 Å². The zero-order valence-corrected chi connectivity index (χ0v) is 19.1. The Morgan fingerprint density at radius 2 is 0.824 bits per heavy atom. The number of rotatable bonds is 19. The number of hydrogen-bond acceptors (Lipinski definition) is 12. The summed E-state index contributed by atoms with van der Waals surface area (Å²) in [4.78, 5) is 44.7. The number of ether oxygens (including phenoxy) is 2. The number of hydrogen-bond donors (Lipinski definition) is 8. The van der Waals surface area contributed by atoms with Gasteiger partial charge in [-0.25, -0.2) is 0 Å². The van der Waals surface area contributed by atoms with Crippen LogP contribution in [0.4, 0.5) is 0 Å². The quantitative estimate of drug-likeness (QED) is 0.0778. The molecule has 0 aliphatic heterocycles. The lowest BCUT2D eigenvalue weighted by atomic mass is 10.4. The van der Waals surface area contributed by atoms with Crippen molar-refractivity contribution in [2.24, 2.45) is 11.5 Å². The molecule has 16 nitrogen and oxygen atoms in total. The summed E-state index contributed by atoms with van der Waals surface area (Å²) in [7, 11) is 0. The van der Waals surface area contributed by atoms with E-state index >= 15 is 0 Å². The third-order valence-electron chi connectivity index (χ3n) is 3.16. The number of nitrogens with two attached hydrogens (primary N) is 2. The van der Waals surface area contributed by atoms with Gasteiger partial charge in [-0.3, -0.25) is 29.0 Å². The maximum Gasteiger partial charge on any atom is 0.317 e. The van der Waals surface area contributed by atoms with E-state index in [1.165, 1.54) is 0 Å². The molecule has 16 heteroatoms. The predicted molar refractivity (Wildman–Crippen MR) is 117 cm³/mol. The highest BCUT2D eigenvalue weighted by Crippen LogP contribution is 1.92. The number of carboxylic acids is 4. The molecule has 0 fully saturated rings. The molecule has 10 N–H and O–H groups in total. The van der Waals surface area contributed by atoms with E-state index in [2.05, 4.69) is 0 Å². The minimum absolute atomic E-state index is 0.0363. The van der Waals surface area contributed by atoms with Crippen molar-refractivity contribution in [3.63, 3.8) is 0 Å². The van der Waals surface area contributed by atoms with Crippen LogP contribution in [0.2, 0.25) is 0 Å². The first-order valence-electron chi connectivity index (χ1n) is 10.1. The Hall–Kier alpha value is -2.44. The third-order valence-corrected chi connectivity index (χ3v) is 3.16. The van der Waals surface area contributed by atoms with Crippen LogP contribution < -0.4 is 11.5 Å². The zero-order chi connectivity index (χ0) is 26.8. The van der Waals surface area contributed by atoms with Gasteiger partial charge in [0.1, 0.15) is 0 Å². The highest BCUT2D eigenvalue weighted by atomic mass is 16.5. The van der Waals surface area contributed by atoms with E-state index in [0.29, 0.717) is 26.3 Å². The normalized spacial score (nSPS) is 10.2. The molecule has 34 heavy (non-hydrogen) atoms. The molecule has 0 aliphatic rings. The van der Waals surface area contributed by atoms with E-state index in [9.17, 15) is 19.2 Å². The van der Waals surface area contributed by atoms with Gasteiger partial charge in [0.2, 0.25) is 0 Å². The van der Waals surface area contributed by atoms with Crippen molar-refractivity contribution < 1.29 is 59.3 Å². The first-order chi connectivity index (χ1) is 16.0. The Balaban J connectivity index is -0.000000720. The number of aliphatic hydroxyl groups is 2. The summed E-state index contributed by atoms with van der Waals surface area (Å²) in [5, 5.41) is 49.8. The van der Waals surface area contributed by atoms with Crippen LogP contribution in [0.5, 0.6) is 0 Å². The van der Waals surface area contributed by atoms with E-state index in [-0.39, 0.29) is 39.5 Å². The second kappa shape index (κ2) is 26.8. The van der Waals surface area contributed by atoms with Crippen LogP contribution in [0.15, 0.2) is 0 Å². The molecule has 0 heterocycles. The number of carbonyl (C=O) groups is 4. The van der Waals surface area contributed by atoms with Crippen LogP contribution in [-0.4, -0.2) is 156 Å². The van der Waals surface area contributed by atoms with Gasteiger partial charge in [-0.1, -0.05) is 0 Å².